The van der Waals surface area contributed by atoms with Gasteiger partial charge in [-0.05, 0) is 6.42 Å². The summed E-state index contributed by atoms with van der Waals surface area (Å²) < 4.78 is 21.3. The molecule has 0 aliphatic carbocycles. The van der Waals surface area contributed by atoms with Gasteiger partial charge in [0.25, 0.3) is 0 Å². The Bertz CT molecular complexity index is 412. The van der Waals surface area contributed by atoms with Crippen molar-refractivity contribution in [3.8, 4) is 23.0 Å². The van der Waals surface area contributed by atoms with Crippen LogP contribution in [0.15, 0.2) is 12.1 Å². The van der Waals surface area contributed by atoms with E-state index in [9.17, 15) is 0 Å². The number of thiocarbonyl (C=S) groups is 1. The molecule has 0 bridgehead atoms. The van der Waals surface area contributed by atoms with Gasteiger partial charge in [-0.25, -0.2) is 0 Å². The zero-order chi connectivity index (χ0) is 14.3. The van der Waals surface area contributed by atoms with Crippen LogP contribution in [0.3, 0.4) is 0 Å². The van der Waals surface area contributed by atoms with E-state index in [2.05, 4.69) is 0 Å². The fourth-order valence-electron chi connectivity index (χ4n) is 1.58. The van der Waals surface area contributed by atoms with Crippen LogP contribution in [0, 0.1) is 0 Å². The summed E-state index contributed by atoms with van der Waals surface area (Å²) in [5.41, 5.74) is 5.42. The molecule has 0 fully saturated rings. The topological polar surface area (TPSA) is 62.9 Å². The first-order valence-corrected chi connectivity index (χ1v) is 6.24. The van der Waals surface area contributed by atoms with E-state index in [1.807, 2.05) is 0 Å². The molecule has 0 aliphatic heterocycles. The van der Waals surface area contributed by atoms with Crippen LogP contribution < -0.4 is 24.7 Å². The van der Waals surface area contributed by atoms with Gasteiger partial charge in [0.2, 0.25) is 5.75 Å². The SMILES string of the molecule is COc1cc(OCCCC(N)=S)cc(OC)c1OC. The van der Waals surface area contributed by atoms with Gasteiger partial charge in [-0.3, -0.25) is 0 Å². The van der Waals surface area contributed by atoms with Gasteiger partial charge in [0.05, 0.1) is 32.9 Å². The Morgan fingerprint density at radius 1 is 1.11 bits per heavy atom. The summed E-state index contributed by atoms with van der Waals surface area (Å²) in [6.07, 6.45) is 1.44. The summed E-state index contributed by atoms with van der Waals surface area (Å²) in [4.78, 5) is 0.494. The van der Waals surface area contributed by atoms with Crippen LogP contribution in [-0.4, -0.2) is 32.9 Å². The molecule has 0 saturated carbocycles. The molecule has 0 spiro atoms. The average Bonchev–Trinajstić information content (AvgIpc) is 2.42. The first kappa shape index (κ1) is 15.4. The van der Waals surface area contributed by atoms with E-state index < -0.39 is 0 Å². The first-order chi connectivity index (χ1) is 9.12. The van der Waals surface area contributed by atoms with E-state index in [4.69, 9.17) is 36.9 Å². The lowest BCUT2D eigenvalue weighted by Gasteiger charge is -2.14. The second kappa shape index (κ2) is 7.68. The Hall–Kier alpha value is -1.69. The zero-order valence-corrected chi connectivity index (χ0v) is 12.2. The predicted octanol–water partition coefficient (Wildman–Crippen LogP) is 2.16. The molecule has 0 saturated heterocycles. The third-order valence-corrected chi connectivity index (χ3v) is 2.68. The molecular formula is C13H19NO4S. The van der Waals surface area contributed by atoms with Crippen molar-refractivity contribution in [1.29, 1.82) is 0 Å². The van der Waals surface area contributed by atoms with Crippen LogP contribution in [0.25, 0.3) is 0 Å². The average molecular weight is 285 g/mol. The minimum Gasteiger partial charge on any atom is -0.493 e. The van der Waals surface area contributed by atoms with Crippen molar-refractivity contribution in [2.45, 2.75) is 12.8 Å². The highest BCUT2D eigenvalue weighted by molar-refractivity contribution is 7.80. The second-order valence-corrected chi connectivity index (χ2v) is 4.30. The van der Waals surface area contributed by atoms with E-state index in [1.54, 1.807) is 33.5 Å². The quantitative estimate of drug-likeness (QED) is 0.583. The van der Waals surface area contributed by atoms with Crippen molar-refractivity contribution in [3.63, 3.8) is 0 Å². The van der Waals surface area contributed by atoms with Crippen LogP contribution in [0.5, 0.6) is 23.0 Å². The number of methoxy groups -OCH3 is 3. The summed E-state index contributed by atoms with van der Waals surface area (Å²) in [5.74, 6) is 2.32. The standard InChI is InChI=1S/C13H19NO4S/c1-15-10-7-9(18-6-4-5-12(14)19)8-11(16-2)13(10)17-3/h7-8H,4-6H2,1-3H3,(H2,14,19). The molecule has 0 amide bonds. The maximum atomic E-state index is 5.61. The number of nitrogens with two attached hydrogens (primary N) is 1. The molecule has 0 unspecified atom stereocenters. The highest BCUT2D eigenvalue weighted by atomic mass is 32.1. The van der Waals surface area contributed by atoms with Gasteiger partial charge in [-0.1, -0.05) is 12.2 Å². The summed E-state index contributed by atoms with van der Waals surface area (Å²) in [6, 6.07) is 3.50. The fourth-order valence-corrected chi connectivity index (χ4v) is 1.72. The lowest BCUT2D eigenvalue weighted by Crippen LogP contribution is -2.09. The predicted molar refractivity (Wildman–Crippen MR) is 77.6 cm³/mol. The Labute approximate surface area is 118 Å². The lowest BCUT2D eigenvalue weighted by atomic mass is 10.2. The van der Waals surface area contributed by atoms with Crippen LogP contribution in [-0.2, 0) is 0 Å². The first-order valence-electron chi connectivity index (χ1n) is 5.83. The molecule has 0 heterocycles. The van der Waals surface area contributed by atoms with Crippen molar-refractivity contribution >= 4 is 17.2 Å². The Morgan fingerprint density at radius 3 is 2.11 bits per heavy atom. The molecule has 5 nitrogen and oxygen atoms in total. The minimum atomic E-state index is 0.494. The molecular weight excluding hydrogens is 266 g/mol. The third kappa shape index (κ3) is 4.48. The summed E-state index contributed by atoms with van der Waals surface area (Å²) in [6.45, 7) is 0.524. The molecule has 1 aromatic carbocycles. The van der Waals surface area contributed by atoms with E-state index in [0.717, 1.165) is 6.42 Å². The van der Waals surface area contributed by atoms with Gasteiger partial charge in [-0.2, -0.15) is 0 Å². The minimum absolute atomic E-state index is 0.494. The highest BCUT2D eigenvalue weighted by Crippen LogP contribution is 2.40. The van der Waals surface area contributed by atoms with Gasteiger partial charge in [0.1, 0.15) is 5.75 Å². The maximum Gasteiger partial charge on any atom is 0.203 e. The van der Waals surface area contributed by atoms with Gasteiger partial charge in [-0.15, -0.1) is 0 Å². The maximum absolute atomic E-state index is 5.61. The monoisotopic (exact) mass is 285 g/mol. The summed E-state index contributed by atoms with van der Waals surface area (Å²) >= 11 is 4.80. The van der Waals surface area contributed by atoms with Gasteiger partial charge in [0, 0.05) is 18.6 Å². The largest absolute Gasteiger partial charge is 0.493 e. The van der Waals surface area contributed by atoms with Crippen molar-refractivity contribution in [2.24, 2.45) is 5.73 Å². The second-order valence-electron chi connectivity index (χ2n) is 3.78. The number of hydrogen-bond acceptors (Lipinski definition) is 5. The van der Waals surface area contributed by atoms with Crippen LogP contribution in [0.2, 0.25) is 0 Å². The molecule has 1 aromatic rings. The normalized spacial score (nSPS) is 9.84. The molecule has 0 aliphatic rings. The fraction of sp³-hybridized carbons (Fsp3) is 0.462. The molecule has 6 heteroatoms. The molecule has 2 N–H and O–H groups in total. The highest BCUT2D eigenvalue weighted by Gasteiger charge is 2.13. The van der Waals surface area contributed by atoms with Gasteiger partial charge >= 0.3 is 0 Å². The van der Waals surface area contributed by atoms with Crippen LogP contribution in [0.1, 0.15) is 12.8 Å². The Kier molecular flexibility index (Phi) is 6.21. The van der Waals surface area contributed by atoms with Gasteiger partial charge < -0.3 is 24.7 Å². The van der Waals surface area contributed by atoms with Crippen molar-refractivity contribution in [1.82, 2.24) is 0 Å². The number of hydrogen-bond donors (Lipinski definition) is 1. The smallest absolute Gasteiger partial charge is 0.203 e. The molecule has 1 rings (SSSR count). The van der Waals surface area contributed by atoms with Gasteiger partial charge in [0.15, 0.2) is 11.5 Å². The number of benzene rings is 1. The number of ether oxygens (including phenoxy) is 4. The van der Waals surface area contributed by atoms with E-state index in [0.29, 0.717) is 41.0 Å². The third-order valence-electron chi connectivity index (χ3n) is 2.47. The van der Waals surface area contributed by atoms with Crippen LogP contribution in [0.4, 0.5) is 0 Å². The zero-order valence-electron chi connectivity index (χ0n) is 11.4. The van der Waals surface area contributed by atoms with E-state index in [-0.39, 0.29) is 0 Å². The van der Waals surface area contributed by atoms with E-state index in [1.165, 1.54) is 0 Å². The van der Waals surface area contributed by atoms with E-state index >= 15 is 0 Å². The summed E-state index contributed by atoms with van der Waals surface area (Å²) in [7, 11) is 4.69. The molecule has 0 aromatic heterocycles. The van der Waals surface area contributed by atoms with Crippen LogP contribution >= 0.6 is 12.2 Å². The summed E-state index contributed by atoms with van der Waals surface area (Å²) in [5, 5.41) is 0. The Morgan fingerprint density at radius 2 is 1.68 bits per heavy atom. The van der Waals surface area contributed by atoms with Crippen molar-refractivity contribution in [3.05, 3.63) is 12.1 Å². The number of rotatable bonds is 8. The molecule has 0 radical (unpaired) electrons. The lowest BCUT2D eigenvalue weighted by molar-refractivity contribution is 0.296. The molecule has 106 valence electrons. The van der Waals surface area contributed by atoms with Crippen molar-refractivity contribution < 1.29 is 18.9 Å². The van der Waals surface area contributed by atoms with Crippen molar-refractivity contribution in [2.75, 3.05) is 27.9 Å². The Balaban J connectivity index is 2.76. The molecule has 0 atom stereocenters. The molecule has 19 heavy (non-hydrogen) atoms.